The highest BCUT2D eigenvalue weighted by Crippen LogP contribution is 2.24. The topological polar surface area (TPSA) is 42.3 Å². The number of aryl methyl sites for hydroxylation is 2. The minimum atomic E-state index is 0.631. The number of pyridine rings is 1. The summed E-state index contributed by atoms with van der Waals surface area (Å²) in [6, 6.07) is 5.60. The molecule has 0 fully saturated rings. The standard InChI is InChI=1S/C12H10N2O/c1-8-6-13-9(2)11-4-3-10(14-7-15)5-12(8)11/h3-6H,1-2H3. The van der Waals surface area contributed by atoms with E-state index in [1.165, 1.54) is 0 Å². The first kappa shape index (κ1) is 9.56. The van der Waals surface area contributed by atoms with E-state index in [-0.39, 0.29) is 0 Å². The summed E-state index contributed by atoms with van der Waals surface area (Å²) in [7, 11) is 0. The number of carbonyl (C=O) groups excluding carboxylic acids is 1. The van der Waals surface area contributed by atoms with Crippen LogP contribution in [0.3, 0.4) is 0 Å². The molecule has 0 radical (unpaired) electrons. The predicted octanol–water partition coefficient (Wildman–Crippen LogP) is 2.82. The fourth-order valence-corrected chi connectivity index (χ4v) is 1.63. The summed E-state index contributed by atoms with van der Waals surface area (Å²) >= 11 is 0. The minimum Gasteiger partial charge on any atom is -0.261 e. The molecular weight excluding hydrogens is 188 g/mol. The monoisotopic (exact) mass is 198 g/mol. The summed E-state index contributed by atoms with van der Waals surface area (Å²) < 4.78 is 0. The van der Waals surface area contributed by atoms with Crippen LogP contribution < -0.4 is 0 Å². The Morgan fingerprint density at radius 2 is 2.07 bits per heavy atom. The molecule has 0 N–H and O–H groups in total. The van der Waals surface area contributed by atoms with Crippen molar-refractivity contribution in [1.82, 2.24) is 4.98 Å². The third kappa shape index (κ3) is 1.65. The van der Waals surface area contributed by atoms with Crippen LogP contribution in [-0.4, -0.2) is 11.1 Å². The second-order valence-electron chi connectivity index (χ2n) is 3.46. The molecule has 0 aliphatic carbocycles. The zero-order valence-electron chi connectivity index (χ0n) is 8.61. The molecule has 0 bridgehead atoms. The SMILES string of the molecule is Cc1cnc(C)c2ccc(N=C=O)cc12. The van der Waals surface area contributed by atoms with E-state index < -0.39 is 0 Å². The maximum Gasteiger partial charge on any atom is 0.240 e. The van der Waals surface area contributed by atoms with Crippen molar-refractivity contribution < 1.29 is 4.79 Å². The number of fused-ring (bicyclic) bond motifs is 1. The smallest absolute Gasteiger partial charge is 0.240 e. The fourth-order valence-electron chi connectivity index (χ4n) is 1.63. The van der Waals surface area contributed by atoms with Crippen molar-refractivity contribution in [3.63, 3.8) is 0 Å². The van der Waals surface area contributed by atoms with Gasteiger partial charge in [-0.05, 0) is 36.9 Å². The molecule has 3 nitrogen and oxygen atoms in total. The normalized spacial score (nSPS) is 10.0. The molecule has 2 rings (SSSR count). The summed E-state index contributed by atoms with van der Waals surface area (Å²) in [6.07, 6.45) is 3.37. The van der Waals surface area contributed by atoms with Crippen LogP contribution in [0.15, 0.2) is 29.4 Å². The van der Waals surface area contributed by atoms with Crippen LogP contribution in [0.5, 0.6) is 0 Å². The number of nitrogens with zero attached hydrogens (tertiary/aromatic N) is 2. The number of hydrogen-bond donors (Lipinski definition) is 0. The van der Waals surface area contributed by atoms with Gasteiger partial charge >= 0.3 is 0 Å². The summed E-state index contributed by atoms with van der Waals surface area (Å²) in [6.45, 7) is 3.95. The van der Waals surface area contributed by atoms with Crippen LogP contribution in [0.25, 0.3) is 10.8 Å². The largest absolute Gasteiger partial charge is 0.261 e. The second-order valence-corrected chi connectivity index (χ2v) is 3.46. The lowest BCUT2D eigenvalue weighted by Crippen LogP contribution is -1.86. The van der Waals surface area contributed by atoms with Gasteiger partial charge in [0.2, 0.25) is 6.08 Å². The Morgan fingerprint density at radius 3 is 2.80 bits per heavy atom. The average molecular weight is 198 g/mol. The van der Waals surface area contributed by atoms with Crippen LogP contribution in [0.1, 0.15) is 11.3 Å². The lowest BCUT2D eigenvalue weighted by atomic mass is 10.1. The van der Waals surface area contributed by atoms with Gasteiger partial charge < -0.3 is 0 Å². The first-order valence-corrected chi connectivity index (χ1v) is 4.66. The van der Waals surface area contributed by atoms with Crippen molar-refractivity contribution in [3.8, 4) is 0 Å². The van der Waals surface area contributed by atoms with Gasteiger partial charge in [0, 0.05) is 17.3 Å². The maximum absolute atomic E-state index is 10.2. The van der Waals surface area contributed by atoms with Gasteiger partial charge in [-0.3, -0.25) is 4.98 Å². The number of isocyanates is 1. The molecule has 0 saturated carbocycles. The highest BCUT2D eigenvalue weighted by atomic mass is 16.1. The second kappa shape index (κ2) is 3.64. The van der Waals surface area contributed by atoms with E-state index >= 15 is 0 Å². The number of benzene rings is 1. The number of aromatic nitrogens is 1. The van der Waals surface area contributed by atoms with Crippen LogP contribution in [0.4, 0.5) is 5.69 Å². The molecule has 0 unspecified atom stereocenters. The zero-order valence-corrected chi connectivity index (χ0v) is 8.61. The van der Waals surface area contributed by atoms with E-state index in [4.69, 9.17) is 0 Å². The molecule has 0 atom stereocenters. The number of aliphatic imine (C=N–C) groups is 1. The fraction of sp³-hybridized carbons (Fsp3) is 0.167. The van der Waals surface area contributed by atoms with Gasteiger partial charge in [-0.2, -0.15) is 4.99 Å². The highest BCUT2D eigenvalue weighted by molar-refractivity contribution is 5.89. The average Bonchev–Trinajstić information content (AvgIpc) is 2.24. The van der Waals surface area contributed by atoms with Crippen molar-refractivity contribution in [2.45, 2.75) is 13.8 Å². The van der Waals surface area contributed by atoms with Gasteiger partial charge in [0.05, 0.1) is 5.69 Å². The maximum atomic E-state index is 10.2. The lowest BCUT2D eigenvalue weighted by molar-refractivity contribution is 0.565. The summed E-state index contributed by atoms with van der Waals surface area (Å²) in [4.78, 5) is 18.0. The molecule has 15 heavy (non-hydrogen) atoms. The van der Waals surface area contributed by atoms with Gasteiger partial charge in [0.15, 0.2) is 0 Å². The molecule has 1 aromatic heterocycles. The highest BCUT2D eigenvalue weighted by Gasteiger charge is 2.02. The van der Waals surface area contributed by atoms with Crippen LogP contribution >= 0.6 is 0 Å². The van der Waals surface area contributed by atoms with Crippen molar-refractivity contribution in [3.05, 3.63) is 35.7 Å². The van der Waals surface area contributed by atoms with E-state index in [1.54, 1.807) is 12.1 Å². The molecule has 2 aromatic rings. The van der Waals surface area contributed by atoms with Crippen molar-refractivity contribution in [2.24, 2.45) is 4.99 Å². The number of hydrogen-bond acceptors (Lipinski definition) is 3. The molecule has 0 aliphatic rings. The van der Waals surface area contributed by atoms with Crippen molar-refractivity contribution >= 4 is 22.5 Å². The Morgan fingerprint density at radius 1 is 1.27 bits per heavy atom. The van der Waals surface area contributed by atoms with Gasteiger partial charge in [0.1, 0.15) is 0 Å². The summed E-state index contributed by atoms with van der Waals surface area (Å²) in [5.74, 6) is 0. The van der Waals surface area contributed by atoms with E-state index in [9.17, 15) is 4.79 Å². The Kier molecular flexibility index (Phi) is 2.32. The van der Waals surface area contributed by atoms with Crippen molar-refractivity contribution in [2.75, 3.05) is 0 Å². The molecule has 0 saturated heterocycles. The quantitative estimate of drug-likeness (QED) is 0.522. The Balaban J connectivity index is 2.81. The van der Waals surface area contributed by atoms with Crippen LogP contribution in [0, 0.1) is 13.8 Å². The molecule has 1 aromatic carbocycles. The molecule has 0 amide bonds. The Hall–Kier alpha value is -1.99. The molecular formula is C12H10N2O. The molecule has 74 valence electrons. The third-order valence-corrected chi connectivity index (χ3v) is 2.44. The Labute approximate surface area is 87.5 Å². The molecule has 0 spiro atoms. The van der Waals surface area contributed by atoms with E-state index in [0.717, 1.165) is 22.0 Å². The summed E-state index contributed by atoms with van der Waals surface area (Å²) in [5.41, 5.74) is 2.70. The zero-order chi connectivity index (χ0) is 10.8. The van der Waals surface area contributed by atoms with Gasteiger partial charge in [-0.25, -0.2) is 4.79 Å². The molecule has 3 heteroatoms. The Bertz CT molecular complexity index is 569. The van der Waals surface area contributed by atoms with E-state index in [2.05, 4.69) is 9.98 Å². The van der Waals surface area contributed by atoms with Gasteiger partial charge in [0.25, 0.3) is 0 Å². The summed E-state index contributed by atoms with van der Waals surface area (Å²) in [5, 5.41) is 2.18. The lowest BCUT2D eigenvalue weighted by Gasteiger charge is -2.04. The first-order chi connectivity index (χ1) is 7.22. The van der Waals surface area contributed by atoms with Crippen LogP contribution in [-0.2, 0) is 4.79 Å². The molecule has 0 aliphatic heterocycles. The van der Waals surface area contributed by atoms with E-state index in [1.807, 2.05) is 32.2 Å². The van der Waals surface area contributed by atoms with Gasteiger partial charge in [-0.15, -0.1) is 0 Å². The van der Waals surface area contributed by atoms with Gasteiger partial charge in [-0.1, -0.05) is 6.07 Å². The molecule has 1 heterocycles. The first-order valence-electron chi connectivity index (χ1n) is 4.66. The number of rotatable bonds is 1. The van der Waals surface area contributed by atoms with Crippen LogP contribution in [0.2, 0.25) is 0 Å². The van der Waals surface area contributed by atoms with E-state index in [0.29, 0.717) is 5.69 Å². The third-order valence-electron chi connectivity index (χ3n) is 2.44. The minimum absolute atomic E-state index is 0.631. The predicted molar refractivity (Wildman–Crippen MR) is 59.0 cm³/mol. The van der Waals surface area contributed by atoms with Crippen molar-refractivity contribution in [1.29, 1.82) is 0 Å².